The van der Waals surface area contributed by atoms with Gasteiger partial charge in [-0.15, -0.1) is 0 Å². The number of fused-ring (bicyclic) bond motifs is 1. The summed E-state index contributed by atoms with van der Waals surface area (Å²) in [5, 5.41) is 0. The molecule has 0 bridgehead atoms. The lowest BCUT2D eigenvalue weighted by atomic mass is 9.95. The number of esters is 1. The van der Waals surface area contributed by atoms with E-state index in [1.54, 1.807) is 17.6 Å². The van der Waals surface area contributed by atoms with Gasteiger partial charge in [0.1, 0.15) is 23.3 Å². The van der Waals surface area contributed by atoms with E-state index in [1.165, 1.54) is 18.4 Å². The van der Waals surface area contributed by atoms with E-state index in [4.69, 9.17) is 13.9 Å². The van der Waals surface area contributed by atoms with Crippen molar-refractivity contribution in [2.45, 2.75) is 33.2 Å². The van der Waals surface area contributed by atoms with Crippen LogP contribution in [-0.4, -0.2) is 24.3 Å². The maximum absolute atomic E-state index is 13.9. The predicted octanol–water partition coefficient (Wildman–Crippen LogP) is 5.53. The van der Waals surface area contributed by atoms with Gasteiger partial charge in [0.2, 0.25) is 0 Å². The normalized spacial score (nSPS) is 15.2. The zero-order chi connectivity index (χ0) is 27.7. The van der Waals surface area contributed by atoms with Crippen LogP contribution in [0.1, 0.15) is 43.2 Å². The first kappa shape index (κ1) is 26.9. The molecule has 0 saturated heterocycles. The molecule has 200 valence electrons. The predicted molar refractivity (Wildman–Crippen MR) is 155 cm³/mol. The maximum atomic E-state index is 13.9. The number of halogens is 1. The van der Waals surface area contributed by atoms with Crippen molar-refractivity contribution in [2.75, 3.05) is 13.7 Å². The molecule has 7 nitrogen and oxygen atoms in total. The van der Waals surface area contributed by atoms with Crippen LogP contribution < -0.4 is 19.6 Å². The Morgan fingerprint density at radius 2 is 1.97 bits per heavy atom. The highest BCUT2D eigenvalue weighted by atomic mass is 79.9. The van der Waals surface area contributed by atoms with Crippen LogP contribution in [0.2, 0.25) is 0 Å². The number of aryl methyl sites for hydroxylation is 1. The number of hydrogen-bond acceptors (Lipinski definition) is 7. The Morgan fingerprint density at radius 3 is 2.72 bits per heavy atom. The monoisotopic (exact) mass is 606 g/mol. The molecule has 0 spiro atoms. The second-order valence-corrected chi connectivity index (χ2v) is 11.0. The first-order valence-corrected chi connectivity index (χ1v) is 14.1. The number of methoxy groups -OCH3 is 1. The molecule has 1 aliphatic heterocycles. The zero-order valence-electron chi connectivity index (χ0n) is 22.0. The average Bonchev–Trinajstić information content (AvgIpc) is 3.50. The number of rotatable bonds is 7. The van der Waals surface area contributed by atoms with Crippen LogP contribution in [0.3, 0.4) is 0 Å². The topological polar surface area (TPSA) is 83.0 Å². The minimum absolute atomic E-state index is 0.280. The van der Waals surface area contributed by atoms with Gasteiger partial charge in [0.05, 0.1) is 29.5 Å². The number of thiazole rings is 1. The van der Waals surface area contributed by atoms with Crippen molar-refractivity contribution < 1.29 is 18.7 Å². The number of carbonyl (C=O) groups is 1. The number of carbonyl (C=O) groups excluding carboxylic acids is 1. The third-order valence-electron chi connectivity index (χ3n) is 6.39. The Kier molecular flexibility index (Phi) is 7.72. The lowest BCUT2D eigenvalue weighted by Crippen LogP contribution is -2.40. The Hall–Kier alpha value is -3.69. The number of aromatic nitrogens is 1. The van der Waals surface area contributed by atoms with Gasteiger partial charge in [-0.3, -0.25) is 9.36 Å². The van der Waals surface area contributed by atoms with E-state index in [-0.39, 0.29) is 5.56 Å². The SMILES string of the molecule is CCCOc1ccccc1[C@H]1C(C(=O)OC)=C(C)N=c2s/c(=C/c3ccc(-c4ccc(C)cc4Br)o3)c(=O)n21. The summed E-state index contributed by atoms with van der Waals surface area (Å²) in [5.74, 6) is 1.29. The molecule has 39 heavy (non-hydrogen) atoms. The molecule has 9 heteroatoms. The van der Waals surface area contributed by atoms with E-state index in [1.807, 2.05) is 68.4 Å². The fourth-order valence-corrected chi connectivity index (χ4v) is 6.28. The first-order valence-electron chi connectivity index (χ1n) is 12.5. The number of nitrogens with zero attached hydrogens (tertiary/aromatic N) is 2. The van der Waals surface area contributed by atoms with Crippen LogP contribution in [-0.2, 0) is 9.53 Å². The van der Waals surface area contributed by atoms with E-state index < -0.39 is 12.0 Å². The molecular formula is C30H27BrN2O5S. The number of allylic oxidation sites excluding steroid dienone is 1. The Morgan fingerprint density at radius 1 is 1.18 bits per heavy atom. The van der Waals surface area contributed by atoms with Crippen LogP contribution in [0.25, 0.3) is 17.4 Å². The molecule has 0 saturated carbocycles. The molecular weight excluding hydrogens is 580 g/mol. The molecule has 0 radical (unpaired) electrons. The molecule has 5 rings (SSSR count). The van der Waals surface area contributed by atoms with Crippen molar-refractivity contribution in [1.82, 2.24) is 4.57 Å². The molecule has 0 unspecified atom stereocenters. The maximum Gasteiger partial charge on any atom is 0.338 e. The number of furan rings is 1. The van der Waals surface area contributed by atoms with Crippen LogP contribution in [0, 0.1) is 6.92 Å². The van der Waals surface area contributed by atoms with Crippen molar-refractivity contribution in [3.63, 3.8) is 0 Å². The Labute approximate surface area is 237 Å². The lowest BCUT2D eigenvalue weighted by molar-refractivity contribution is -0.136. The van der Waals surface area contributed by atoms with E-state index in [0.29, 0.717) is 50.0 Å². The summed E-state index contributed by atoms with van der Waals surface area (Å²) < 4.78 is 20.1. The minimum atomic E-state index is -0.750. The van der Waals surface area contributed by atoms with E-state index >= 15 is 0 Å². The van der Waals surface area contributed by atoms with Crippen LogP contribution in [0.4, 0.5) is 0 Å². The summed E-state index contributed by atoms with van der Waals surface area (Å²) in [6, 6.07) is 16.4. The Balaban J connectivity index is 1.65. The summed E-state index contributed by atoms with van der Waals surface area (Å²) >= 11 is 4.85. The smallest absolute Gasteiger partial charge is 0.338 e. The first-order chi connectivity index (χ1) is 18.8. The highest BCUT2D eigenvalue weighted by Crippen LogP contribution is 2.36. The number of para-hydroxylation sites is 1. The van der Waals surface area contributed by atoms with Gasteiger partial charge in [-0.1, -0.05) is 58.5 Å². The summed E-state index contributed by atoms with van der Waals surface area (Å²) in [6.45, 7) is 6.31. The van der Waals surface area contributed by atoms with Crippen molar-refractivity contribution in [2.24, 2.45) is 4.99 Å². The number of benzene rings is 2. The molecule has 0 aliphatic carbocycles. The van der Waals surface area contributed by atoms with Gasteiger partial charge >= 0.3 is 5.97 Å². The third-order valence-corrected chi connectivity index (χ3v) is 8.03. The van der Waals surface area contributed by atoms with Gasteiger partial charge in [0.25, 0.3) is 5.56 Å². The summed E-state index contributed by atoms with van der Waals surface area (Å²) in [5.41, 5.74) is 3.26. The minimum Gasteiger partial charge on any atom is -0.493 e. The molecule has 3 heterocycles. The van der Waals surface area contributed by atoms with Gasteiger partial charge in [0.15, 0.2) is 4.80 Å². The fourth-order valence-electron chi connectivity index (χ4n) is 4.56. The zero-order valence-corrected chi connectivity index (χ0v) is 24.4. The third kappa shape index (κ3) is 5.16. The Bertz CT molecular complexity index is 1780. The molecule has 1 atom stereocenters. The molecule has 0 fully saturated rings. The summed E-state index contributed by atoms with van der Waals surface area (Å²) in [6.07, 6.45) is 2.53. The largest absolute Gasteiger partial charge is 0.493 e. The molecule has 0 N–H and O–H groups in total. The van der Waals surface area contributed by atoms with Crippen molar-refractivity contribution in [3.05, 3.63) is 107 Å². The van der Waals surface area contributed by atoms with Crippen LogP contribution in [0.5, 0.6) is 5.75 Å². The number of ether oxygens (including phenoxy) is 2. The van der Waals surface area contributed by atoms with Crippen molar-refractivity contribution >= 4 is 39.3 Å². The fraction of sp³-hybridized carbons (Fsp3) is 0.233. The molecule has 4 aromatic rings. The standard InChI is InChI=1S/C30H27BrN2O5S/c1-5-14-37-23-9-7-6-8-21(23)27-26(29(35)36-4)18(3)32-30-33(27)28(34)25(39-30)16-19-11-13-24(38-19)20-12-10-17(2)15-22(20)31/h6-13,15-16,27H,5,14H2,1-4H3/b25-16+/t27-/m0/s1. The summed E-state index contributed by atoms with van der Waals surface area (Å²) in [7, 11) is 1.32. The van der Waals surface area contributed by atoms with Crippen molar-refractivity contribution in [3.8, 4) is 17.1 Å². The highest BCUT2D eigenvalue weighted by Gasteiger charge is 2.34. The second kappa shape index (κ2) is 11.2. The van der Waals surface area contributed by atoms with Gasteiger partial charge in [-0.2, -0.15) is 0 Å². The van der Waals surface area contributed by atoms with Crippen LogP contribution >= 0.6 is 27.3 Å². The second-order valence-electron chi connectivity index (χ2n) is 9.14. The van der Waals surface area contributed by atoms with Gasteiger partial charge < -0.3 is 13.9 Å². The highest BCUT2D eigenvalue weighted by molar-refractivity contribution is 9.10. The van der Waals surface area contributed by atoms with Crippen LogP contribution in [0.15, 0.2) is 84.5 Å². The quantitative estimate of drug-likeness (QED) is 0.258. The summed E-state index contributed by atoms with van der Waals surface area (Å²) in [4.78, 5) is 32.0. The van der Waals surface area contributed by atoms with E-state index in [0.717, 1.165) is 22.0 Å². The molecule has 1 aliphatic rings. The molecule has 2 aromatic carbocycles. The van der Waals surface area contributed by atoms with Gasteiger partial charge in [-0.05, 0) is 56.2 Å². The van der Waals surface area contributed by atoms with Gasteiger partial charge in [0, 0.05) is 21.7 Å². The van der Waals surface area contributed by atoms with Crippen molar-refractivity contribution in [1.29, 1.82) is 0 Å². The van der Waals surface area contributed by atoms with Gasteiger partial charge in [-0.25, -0.2) is 9.79 Å². The van der Waals surface area contributed by atoms with E-state index in [9.17, 15) is 9.59 Å². The number of hydrogen-bond donors (Lipinski definition) is 0. The molecule has 0 amide bonds. The average molecular weight is 608 g/mol. The lowest BCUT2D eigenvalue weighted by Gasteiger charge is -2.26. The van der Waals surface area contributed by atoms with E-state index in [2.05, 4.69) is 20.9 Å². The molecule has 2 aromatic heterocycles.